The molecule has 1 aliphatic rings. The summed E-state index contributed by atoms with van der Waals surface area (Å²) in [6.07, 6.45) is 1.34. The topological polar surface area (TPSA) is 143 Å². The number of ether oxygens (including phenoxy) is 2. The molecule has 148 valence electrons. The number of aromatic amines is 1. The zero-order chi connectivity index (χ0) is 19.5. The monoisotopic (exact) mass is 427 g/mol. The first-order valence-corrected chi connectivity index (χ1v) is 11.7. The number of nitrogens with one attached hydrogen (secondary N) is 1. The first-order valence-electron chi connectivity index (χ1n) is 7.61. The molecule has 1 aromatic heterocycles. The molecule has 0 amide bonds. The molecular weight excluding hydrogens is 407 g/mol. The quantitative estimate of drug-likeness (QED) is 0.339. The molecular formula is C13H20N2O8PS2-. The molecule has 1 fully saturated rings. The SMILES string of the molecule is CSS[C@H](C)O[C@@H]1C[C@H](n2cc(C)c(=O)[nH]c2=O)O[C@@H]1COP(=O)([O-])O. The summed E-state index contributed by atoms with van der Waals surface area (Å²) >= 11 is 0. The summed E-state index contributed by atoms with van der Waals surface area (Å²) in [6.45, 7) is 2.92. The van der Waals surface area contributed by atoms with Crippen LogP contribution in [0.3, 0.4) is 0 Å². The van der Waals surface area contributed by atoms with E-state index in [0.717, 1.165) is 0 Å². The van der Waals surface area contributed by atoms with Crippen molar-refractivity contribution >= 4 is 29.4 Å². The highest BCUT2D eigenvalue weighted by Gasteiger charge is 2.39. The number of phosphoric ester groups is 1. The lowest BCUT2D eigenvalue weighted by molar-refractivity contribution is -0.223. The van der Waals surface area contributed by atoms with E-state index in [1.54, 1.807) is 6.92 Å². The fraction of sp³-hybridized carbons (Fsp3) is 0.692. The van der Waals surface area contributed by atoms with Gasteiger partial charge in [0.1, 0.15) is 17.8 Å². The van der Waals surface area contributed by atoms with E-state index in [2.05, 4.69) is 9.51 Å². The Morgan fingerprint density at radius 2 is 2.27 bits per heavy atom. The first kappa shape index (κ1) is 21.7. The molecule has 0 bridgehead atoms. The van der Waals surface area contributed by atoms with Crippen molar-refractivity contribution < 1.29 is 28.3 Å². The van der Waals surface area contributed by atoms with Gasteiger partial charge in [-0.2, -0.15) is 0 Å². The summed E-state index contributed by atoms with van der Waals surface area (Å²) in [6, 6.07) is 0. The number of aryl methyl sites for hydroxylation is 1. The molecule has 1 aliphatic heterocycles. The number of hydrogen-bond acceptors (Lipinski definition) is 9. The summed E-state index contributed by atoms with van der Waals surface area (Å²) in [5.41, 5.74) is -1.03. The standard InChI is InChI=1S/C13H21N2O8PS2/c1-7-5-15(13(17)14-12(7)16)11-4-9(22-8(2)26-25-3)10(23-11)6-21-24(18,19)20/h5,8-11H,4,6H2,1-3H3,(H,14,16,17)(H2,18,19,20)/p-1/t8-,9-,10-,11-/m1/s1. The average Bonchev–Trinajstić information content (AvgIpc) is 2.91. The van der Waals surface area contributed by atoms with Crippen LogP contribution in [0.25, 0.3) is 0 Å². The van der Waals surface area contributed by atoms with Crippen molar-refractivity contribution in [1.82, 2.24) is 9.55 Å². The predicted octanol–water partition coefficient (Wildman–Crippen LogP) is 0.352. The zero-order valence-corrected chi connectivity index (χ0v) is 16.8. The van der Waals surface area contributed by atoms with E-state index in [0.29, 0.717) is 5.56 Å². The molecule has 1 aromatic rings. The largest absolute Gasteiger partial charge is 0.756 e. The summed E-state index contributed by atoms with van der Waals surface area (Å²) in [7, 11) is -1.95. The summed E-state index contributed by atoms with van der Waals surface area (Å²) in [4.78, 5) is 45.4. The lowest BCUT2D eigenvalue weighted by Gasteiger charge is -2.24. The van der Waals surface area contributed by atoms with Crippen molar-refractivity contribution in [2.24, 2.45) is 0 Å². The van der Waals surface area contributed by atoms with Crippen molar-refractivity contribution in [3.05, 3.63) is 32.6 Å². The lowest BCUT2D eigenvalue weighted by atomic mass is 10.2. The minimum Gasteiger partial charge on any atom is -0.756 e. The number of H-pyrrole nitrogens is 1. The van der Waals surface area contributed by atoms with Crippen molar-refractivity contribution in [2.45, 2.75) is 44.1 Å². The number of phosphoric acid groups is 1. The maximum absolute atomic E-state index is 12.0. The molecule has 5 atom stereocenters. The maximum atomic E-state index is 12.0. The Labute approximate surface area is 157 Å². The number of hydrogen-bond donors (Lipinski definition) is 2. The van der Waals surface area contributed by atoms with E-state index in [1.165, 1.54) is 32.4 Å². The Balaban J connectivity index is 2.20. The second-order valence-corrected chi connectivity index (χ2v) is 9.58. The fourth-order valence-electron chi connectivity index (χ4n) is 2.54. The third-order valence-corrected chi connectivity index (χ3v) is 6.08. The Bertz CT molecular complexity index is 778. The Morgan fingerprint density at radius 3 is 2.88 bits per heavy atom. The third-order valence-electron chi connectivity index (χ3n) is 3.64. The predicted molar refractivity (Wildman–Crippen MR) is 95.8 cm³/mol. The van der Waals surface area contributed by atoms with Gasteiger partial charge in [-0.15, -0.1) is 0 Å². The van der Waals surface area contributed by atoms with Gasteiger partial charge in [-0.3, -0.25) is 18.9 Å². The Hall–Kier alpha value is -0.590. The van der Waals surface area contributed by atoms with Crippen LogP contribution >= 0.6 is 29.4 Å². The molecule has 26 heavy (non-hydrogen) atoms. The van der Waals surface area contributed by atoms with Crippen molar-refractivity contribution in [3.8, 4) is 0 Å². The molecule has 0 radical (unpaired) electrons. The maximum Gasteiger partial charge on any atom is 0.330 e. The van der Waals surface area contributed by atoms with Crippen LogP contribution in [0.5, 0.6) is 0 Å². The van der Waals surface area contributed by atoms with Crippen LogP contribution in [0.1, 0.15) is 25.1 Å². The van der Waals surface area contributed by atoms with Gasteiger partial charge in [-0.25, -0.2) is 4.79 Å². The normalized spacial score (nSPS) is 26.6. The van der Waals surface area contributed by atoms with Crippen LogP contribution in [-0.4, -0.2) is 45.0 Å². The number of rotatable bonds is 8. The molecule has 0 aliphatic carbocycles. The van der Waals surface area contributed by atoms with E-state index in [9.17, 15) is 19.0 Å². The molecule has 0 aromatic carbocycles. The fourth-order valence-corrected chi connectivity index (χ4v) is 4.28. The van der Waals surface area contributed by atoms with Gasteiger partial charge < -0.3 is 23.8 Å². The van der Waals surface area contributed by atoms with Gasteiger partial charge in [0.25, 0.3) is 13.4 Å². The highest BCUT2D eigenvalue weighted by molar-refractivity contribution is 8.76. The minimum absolute atomic E-state index is 0.220. The van der Waals surface area contributed by atoms with Crippen LogP contribution in [0, 0.1) is 6.92 Å². The van der Waals surface area contributed by atoms with Crippen molar-refractivity contribution in [2.75, 3.05) is 12.9 Å². The van der Waals surface area contributed by atoms with E-state index in [4.69, 9.17) is 14.4 Å². The van der Waals surface area contributed by atoms with E-state index < -0.39 is 44.1 Å². The number of nitrogens with zero attached hydrogens (tertiary/aromatic N) is 1. The second kappa shape index (κ2) is 9.07. The molecule has 1 saturated heterocycles. The molecule has 10 nitrogen and oxygen atoms in total. The average molecular weight is 427 g/mol. The Kier molecular flexibility index (Phi) is 7.57. The van der Waals surface area contributed by atoms with Crippen LogP contribution in [0.15, 0.2) is 15.8 Å². The zero-order valence-electron chi connectivity index (χ0n) is 14.3. The van der Waals surface area contributed by atoms with Crippen LogP contribution in [0.4, 0.5) is 0 Å². The van der Waals surface area contributed by atoms with Crippen LogP contribution in [0.2, 0.25) is 0 Å². The molecule has 2 rings (SSSR count). The summed E-state index contributed by atoms with van der Waals surface area (Å²) < 4.78 is 28.1. The van der Waals surface area contributed by atoms with E-state index in [1.807, 2.05) is 13.2 Å². The molecule has 2 N–H and O–H groups in total. The molecule has 13 heteroatoms. The highest BCUT2D eigenvalue weighted by atomic mass is 33.1. The first-order chi connectivity index (χ1) is 12.1. The van der Waals surface area contributed by atoms with Gasteiger partial charge in [-0.1, -0.05) is 21.6 Å². The molecule has 2 heterocycles. The summed E-state index contributed by atoms with van der Waals surface area (Å²) in [5, 5.41) is 0. The summed E-state index contributed by atoms with van der Waals surface area (Å²) in [5.74, 6) is 0. The van der Waals surface area contributed by atoms with Gasteiger partial charge in [0, 0.05) is 18.2 Å². The van der Waals surface area contributed by atoms with Crippen molar-refractivity contribution in [3.63, 3.8) is 0 Å². The van der Waals surface area contributed by atoms with Crippen molar-refractivity contribution in [1.29, 1.82) is 0 Å². The smallest absolute Gasteiger partial charge is 0.330 e. The van der Waals surface area contributed by atoms with Gasteiger partial charge in [0.2, 0.25) is 0 Å². The van der Waals surface area contributed by atoms with Gasteiger partial charge in [0.05, 0.1) is 12.7 Å². The molecule has 0 spiro atoms. The highest BCUT2D eigenvalue weighted by Crippen LogP contribution is 2.37. The molecule has 0 saturated carbocycles. The molecule has 1 unspecified atom stereocenters. The number of aromatic nitrogens is 2. The van der Waals surface area contributed by atoms with Gasteiger partial charge in [-0.05, 0) is 20.1 Å². The van der Waals surface area contributed by atoms with Gasteiger partial charge in [0.15, 0.2) is 0 Å². The lowest BCUT2D eigenvalue weighted by Crippen LogP contribution is -2.33. The van der Waals surface area contributed by atoms with E-state index in [-0.39, 0.29) is 11.9 Å². The van der Waals surface area contributed by atoms with Gasteiger partial charge >= 0.3 is 5.69 Å². The van der Waals surface area contributed by atoms with E-state index >= 15 is 0 Å². The minimum atomic E-state index is -4.92. The third kappa shape index (κ3) is 5.96. The Morgan fingerprint density at radius 1 is 1.58 bits per heavy atom. The van der Waals surface area contributed by atoms with Crippen LogP contribution < -0.4 is 16.1 Å². The van der Waals surface area contributed by atoms with Crippen LogP contribution in [-0.2, 0) is 18.6 Å². The second-order valence-electron chi connectivity index (χ2n) is 5.61.